The molecule has 20 heavy (non-hydrogen) atoms. The quantitative estimate of drug-likeness (QED) is 0.618. The van der Waals surface area contributed by atoms with Gasteiger partial charge in [-0.15, -0.1) is 0 Å². The fourth-order valence-electron chi connectivity index (χ4n) is 1.85. The van der Waals surface area contributed by atoms with Gasteiger partial charge in [0.05, 0.1) is 7.11 Å². The number of aromatic nitrogens is 1. The number of ether oxygens (including phenoxy) is 2. The number of hydrogen-bond donors (Lipinski definition) is 0. The van der Waals surface area contributed by atoms with Crippen LogP contribution in [0.25, 0.3) is 11.1 Å². The molecule has 1 aromatic carbocycles. The van der Waals surface area contributed by atoms with Gasteiger partial charge in [-0.05, 0) is 12.1 Å². The molecule has 102 valence electrons. The fraction of sp³-hybridized carbons (Fsp3) is 0.125. The first kappa shape index (κ1) is 13.8. The number of hydrogen-bond acceptors (Lipinski definition) is 4. The van der Waals surface area contributed by atoms with Gasteiger partial charge in [-0.2, -0.15) is 0 Å². The van der Waals surface area contributed by atoms with E-state index in [1.807, 2.05) is 18.2 Å². The summed E-state index contributed by atoms with van der Waals surface area (Å²) in [5, 5.41) is 0. The van der Waals surface area contributed by atoms with Crippen molar-refractivity contribution in [2.24, 2.45) is 0 Å². The minimum absolute atomic E-state index is 0.307. The lowest BCUT2D eigenvalue weighted by molar-refractivity contribution is 0.0596. The van der Waals surface area contributed by atoms with Crippen LogP contribution in [0.5, 0.6) is 5.75 Å². The van der Waals surface area contributed by atoms with E-state index < -0.39 is 5.97 Å². The largest absolute Gasteiger partial charge is 0.488 e. The molecule has 0 spiro atoms. The van der Waals surface area contributed by atoms with E-state index in [2.05, 4.69) is 11.6 Å². The molecule has 0 saturated heterocycles. The Morgan fingerprint density at radius 2 is 2.20 bits per heavy atom. The average Bonchev–Trinajstić information content (AvgIpc) is 2.52. The monoisotopic (exact) mass is 269 g/mol. The third-order valence-corrected chi connectivity index (χ3v) is 2.74. The number of rotatable bonds is 5. The van der Waals surface area contributed by atoms with Crippen LogP contribution in [0, 0.1) is 0 Å². The van der Waals surface area contributed by atoms with Gasteiger partial charge in [0.2, 0.25) is 0 Å². The molecule has 0 N–H and O–H groups in total. The van der Waals surface area contributed by atoms with Crippen LogP contribution < -0.4 is 4.74 Å². The Morgan fingerprint density at radius 1 is 1.35 bits per heavy atom. The van der Waals surface area contributed by atoms with Crippen molar-refractivity contribution >= 4 is 5.97 Å². The predicted octanol–water partition coefficient (Wildman–Crippen LogP) is 3.10. The second-order valence-electron chi connectivity index (χ2n) is 4.02. The number of esters is 1. The van der Waals surface area contributed by atoms with Crippen molar-refractivity contribution in [1.29, 1.82) is 0 Å². The first-order valence-electron chi connectivity index (χ1n) is 6.13. The van der Waals surface area contributed by atoms with Crippen LogP contribution in [0.15, 0.2) is 55.4 Å². The van der Waals surface area contributed by atoms with Gasteiger partial charge >= 0.3 is 5.97 Å². The van der Waals surface area contributed by atoms with Gasteiger partial charge in [-0.25, -0.2) is 4.79 Å². The minimum atomic E-state index is -0.435. The molecule has 0 bridgehead atoms. The highest BCUT2D eigenvalue weighted by atomic mass is 16.5. The fourth-order valence-corrected chi connectivity index (χ4v) is 1.85. The summed E-state index contributed by atoms with van der Waals surface area (Å²) in [6.45, 7) is 3.93. The summed E-state index contributed by atoms with van der Waals surface area (Å²) in [4.78, 5) is 15.9. The zero-order valence-corrected chi connectivity index (χ0v) is 11.2. The van der Waals surface area contributed by atoms with Gasteiger partial charge in [-0.1, -0.05) is 30.9 Å². The molecule has 1 heterocycles. The number of methoxy groups -OCH3 is 1. The Labute approximate surface area is 117 Å². The van der Waals surface area contributed by atoms with Crippen LogP contribution in [0.3, 0.4) is 0 Å². The van der Waals surface area contributed by atoms with Gasteiger partial charge in [0.1, 0.15) is 17.9 Å². The van der Waals surface area contributed by atoms with Crippen molar-refractivity contribution in [3.63, 3.8) is 0 Å². The maximum absolute atomic E-state index is 11.8. The van der Waals surface area contributed by atoms with Crippen molar-refractivity contribution in [2.45, 2.75) is 0 Å². The number of benzene rings is 1. The van der Waals surface area contributed by atoms with E-state index in [1.54, 1.807) is 30.6 Å². The second-order valence-corrected chi connectivity index (χ2v) is 4.02. The molecule has 0 radical (unpaired) electrons. The molecule has 1 aromatic heterocycles. The van der Waals surface area contributed by atoms with Crippen molar-refractivity contribution in [3.8, 4) is 16.9 Å². The van der Waals surface area contributed by atoms with E-state index in [4.69, 9.17) is 9.47 Å². The number of nitrogens with zero attached hydrogens (tertiary/aromatic N) is 1. The van der Waals surface area contributed by atoms with Gasteiger partial charge in [0.25, 0.3) is 0 Å². The van der Waals surface area contributed by atoms with Crippen LogP contribution in [-0.4, -0.2) is 24.7 Å². The van der Waals surface area contributed by atoms with Gasteiger partial charge in [0.15, 0.2) is 0 Å². The lowest BCUT2D eigenvalue weighted by Crippen LogP contribution is -2.07. The summed E-state index contributed by atoms with van der Waals surface area (Å²) in [5.74, 6) is 0.0436. The summed E-state index contributed by atoms with van der Waals surface area (Å²) in [6, 6.07) is 9.07. The van der Waals surface area contributed by atoms with Crippen molar-refractivity contribution in [3.05, 3.63) is 60.9 Å². The maximum Gasteiger partial charge on any atom is 0.341 e. The Bertz CT molecular complexity index is 608. The lowest BCUT2D eigenvalue weighted by Gasteiger charge is -2.13. The van der Waals surface area contributed by atoms with E-state index >= 15 is 0 Å². The number of carbonyl (C=O) groups excluding carboxylic acids is 1. The van der Waals surface area contributed by atoms with E-state index in [9.17, 15) is 4.79 Å². The summed E-state index contributed by atoms with van der Waals surface area (Å²) < 4.78 is 10.4. The van der Waals surface area contributed by atoms with Crippen molar-refractivity contribution in [1.82, 2.24) is 4.98 Å². The molecule has 0 fully saturated rings. The summed E-state index contributed by atoms with van der Waals surface area (Å²) >= 11 is 0. The molecule has 0 aliphatic rings. The molecular formula is C16H15NO3. The highest BCUT2D eigenvalue weighted by Gasteiger charge is 2.17. The normalized spacial score (nSPS) is 9.85. The van der Waals surface area contributed by atoms with Crippen LogP contribution in [0.4, 0.5) is 0 Å². The standard InChI is InChI=1S/C16H15NO3/c1-3-10-20-15-13(12-6-5-9-17-11-12)7-4-8-14(15)16(18)19-2/h3-9,11H,1,10H2,2H3. The summed E-state index contributed by atoms with van der Waals surface area (Å²) in [5.41, 5.74) is 2.05. The first-order valence-corrected chi connectivity index (χ1v) is 6.13. The van der Waals surface area contributed by atoms with E-state index in [0.29, 0.717) is 17.9 Å². The topological polar surface area (TPSA) is 48.4 Å². The second kappa shape index (κ2) is 6.52. The van der Waals surface area contributed by atoms with Crippen molar-refractivity contribution in [2.75, 3.05) is 13.7 Å². The first-order chi connectivity index (χ1) is 9.77. The zero-order chi connectivity index (χ0) is 14.4. The highest BCUT2D eigenvalue weighted by Crippen LogP contribution is 2.33. The molecule has 0 saturated carbocycles. The SMILES string of the molecule is C=CCOc1c(C(=O)OC)cccc1-c1cccnc1. The molecule has 0 atom stereocenters. The van der Waals surface area contributed by atoms with Gasteiger partial charge in [0, 0.05) is 23.5 Å². The molecule has 2 aromatic rings. The predicted molar refractivity (Wildman–Crippen MR) is 76.7 cm³/mol. The van der Waals surface area contributed by atoms with Crippen LogP contribution in [-0.2, 0) is 4.74 Å². The average molecular weight is 269 g/mol. The molecule has 4 heteroatoms. The molecule has 0 unspecified atom stereocenters. The smallest absolute Gasteiger partial charge is 0.341 e. The lowest BCUT2D eigenvalue weighted by atomic mass is 10.0. The van der Waals surface area contributed by atoms with Crippen LogP contribution >= 0.6 is 0 Å². The maximum atomic E-state index is 11.8. The minimum Gasteiger partial charge on any atom is -0.488 e. The highest BCUT2D eigenvalue weighted by molar-refractivity contribution is 5.95. The third-order valence-electron chi connectivity index (χ3n) is 2.74. The van der Waals surface area contributed by atoms with E-state index in [-0.39, 0.29) is 0 Å². The molecule has 4 nitrogen and oxygen atoms in total. The molecule has 0 amide bonds. The van der Waals surface area contributed by atoms with Gasteiger partial charge in [-0.3, -0.25) is 4.98 Å². The van der Waals surface area contributed by atoms with Crippen LogP contribution in [0.1, 0.15) is 10.4 Å². The van der Waals surface area contributed by atoms with Crippen molar-refractivity contribution < 1.29 is 14.3 Å². The van der Waals surface area contributed by atoms with Crippen LogP contribution in [0.2, 0.25) is 0 Å². The Morgan fingerprint density at radius 3 is 2.85 bits per heavy atom. The summed E-state index contributed by atoms with van der Waals surface area (Å²) in [7, 11) is 1.34. The molecule has 0 aliphatic carbocycles. The Hall–Kier alpha value is -2.62. The number of pyridine rings is 1. The summed E-state index contributed by atoms with van der Waals surface area (Å²) in [6.07, 6.45) is 5.04. The Balaban J connectivity index is 2.55. The number of para-hydroxylation sites is 1. The molecular weight excluding hydrogens is 254 g/mol. The molecule has 2 rings (SSSR count). The number of carbonyl (C=O) groups is 1. The zero-order valence-electron chi connectivity index (χ0n) is 11.2. The van der Waals surface area contributed by atoms with E-state index in [1.165, 1.54) is 7.11 Å². The van der Waals surface area contributed by atoms with E-state index in [0.717, 1.165) is 11.1 Å². The Kier molecular flexibility index (Phi) is 4.50. The third kappa shape index (κ3) is 2.85. The molecule has 0 aliphatic heterocycles. The van der Waals surface area contributed by atoms with Gasteiger partial charge < -0.3 is 9.47 Å².